The summed E-state index contributed by atoms with van der Waals surface area (Å²) in [7, 11) is 0. The normalized spacial score (nSPS) is 30.6. The van der Waals surface area contributed by atoms with Gasteiger partial charge in [0.25, 0.3) is 0 Å². The molecule has 98 valence electrons. The van der Waals surface area contributed by atoms with Crippen LogP contribution in [-0.2, 0) is 4.79 Å². The highest BCUT2D eigenvalue weighted by Gasteiger charge is 2.25. The Morgan fingerprint density at radius 2 is 1.71 bits per heavy atom. The fraction of sp³-hybridized carbons (Fsp3) is 0.933. The first-order chi connectivity index (χ1) is 8.29. The van der Waals surface area contributed by atoms with Gasteiger partial charge in [0.05, 0.1) is 6.54 Å². The maximum absolute atomic E-state index is 12.1. The molecule has 2 heteroatoms. The van der Waals surface area contributed by atoms with Crippen molar-refractivity contribution in [3.8, 4) is 0 Å². The minimum atomic E-state index is 0.367. The highest BCUT2D eigenvalue weighted by molar-refractivity contribution is 5.83. The third kappa shape index (κ3) is 3.80. The van der Waals surface area contributed by atoms with Gasteiger partial charge in [-0.2, -0.15) is 0 Å². The van der Waals surface area contributed by atoms with Crippen LogP contribution in [0.3, 0.4) is 0 Å². The highest BCUT2D eigenvalue weighted by Crippen LogP contribution is 2.31. The Hall–Kier alpha value is -0.370. The minimum Gasteiger partial charge on any atom is -0.307 e. The van der Waals surface area contributed by atoms with Crippen molar-refractivity contribution in [1.82, 2.24) is 5.32 Å². The van der Waals surface area contributed by atoms with Gasteiger partial charge in [-0.05, 0) is 44.4 Å². The summed E-state index contributed by atoms with van der Waals surface area (Å²) in [6, 6.07) is 0.630. The molecule has 2 fully saturated rings. The zero-order valence-corrected chi connectivity index (χ0v) is 11.2. The van der Waals surface area contributed by atoms with E-state index in [0.29, 0.717) is 24.3 Å². The van der Waals surface area contributed by atoms with Crippen LogP contribution in [0.25, 0.3) is 0 Å². The molecule has 2 aliphatic rings. The van der Waals surface area contributed by atoms with Gasteiger partial charge < -0.3 is 5.32 Å². The number of carbonyl (C=O) groups is 1. The average Bonchev–Trinajstić information content (AvgIpc) is 2.89. The topological polar surface area (TPSA) is 29.1 Å². The van der Waals surface area contributed by atoms with Crippen LogP contribution in [0.15, 0.2) is 0 Å². The molecule has 0 amide bonds. The molecule has 2 saturated carbocycles. The van der Waals surface area contributed by atoms with Crippen LogP contribution < -0.4 is 5.32 Å². The predicted molar refractivity (Wildman–Crippen MR) is 71.0 cm³/mol. The van der Waals surface area contributed by atoms with Crippen LogP contribution in [0, 0.1) is 11.8 Å². The van der Waals surface area contributed by atoms with Gasteiger partial charge in [-0.1, -0.05) is 26.2 Å². The summed E-state index contributed by atoms with van der Waals surface area (Å²) in [6.07, 6.45) is 11.4. The summed E-state index contributed by atoms with van der Waals surface area (Å²) in [6.45, 7) is 2.90. The molecule has 0 spiro atoms. The lowest BCUT2D eigenvalue weighted by Gasteiger charge is -2.27. The van der Waals surface area contributed by atoms with Crippen LogP contribution >= 0.6 is 0 Å². The number of ketones is 1. The Kier molecular flexibility index (Phi) is 5.02. The molecule has 0 aromatic rings. The van der Waals surface area contributed by atoms with E-state index in [0.717, 1.165) is 18.8 Å². The molecule has 2 nitrogen and oxygen atoms in total. The van der Waals surface area contributed by atoms with Gasteiger partial charge in [-0.15, -0.1) is 0 Å². The lowest BCUT2D eigenvalue weighted by Crippen LogP contribution is -2.35. The number of hydrogen-bond donors (Lipinski definition) is 1. The smallest absolute Gasteiger partial charge is 0.149 e. The minimum absolute atomic E-state index is 0.367. The summed E-state index contributed by atoms with van der Waals surface area (Å²) in [5.41, 5.74) is 0. The van der Waals surface area contributed by atoms with E-state index in [-0.39, 0.29) is 0 Å². The van der Waals surface area contributed by atoms with E-state index in [4.69, 9.17) is 0 Å². The Morgan fingerprint density at radius 1 is 1.06 bits per heavy atom. The average molecular weight is 237 g/mol. The van der Waals surface area contributed by atoms with E-state index in [2.05, 4.69) is 12.2 Å². The van der Waals surface area contributed by atoms with Crippen molar-refractivity contribution in [2.75, 3.05) is 6.54 Å². The summed E-state index contributed by atoms with van der Waals surface area (Å²) in [5.74, 6) is 1.74. The molecule has 2 aliphatic carbocycles. The number of Topliss-reactive ketones (excluding diaryl/α,β-unsaturated/α-hetero) is 1. The molecular weight excluding hydrogens is 210 g/mol. The van der Waals surface area contributed by atoms with E-state index in [1.54, 1.807) is 0 Å². The van der Waals surface area contributed by atoms with Crippen molar-refractivity contribution >= 4 is 5.78 Å². The fourth-order valence-electron chi connectivity index (χ4n) is 3.41. The van der Waals surface area contributed by atoms with Crippen LogP contribution in [0.2, 0.25) is 0 Å². The highest BCUT2D eigenvalue weighted by atomic mass is 16.1. The van der Waals surface area contributed by atoms with E-state index in [1.165, 1.54) is 44.9 Å². The lowest BCUT2D eigenvalue weighted by atomic mass is 9.79. The molecule has 2 rings (SSSR count). The van der Waals surface area contributed by atoms with Gasteiger partial charge in [0.15, 0.2) is 0 Å². The maximum atomic E-state index is 12.1. The van der Waals surface area contributed by atoms with E-state index in [1.807, 2.05) is 0 Å². The zero-order chi connectivity index (χ0) is 12.1. The Balaban J connectivity index is 1.66. The molecule has 0 aliphatic heterocycles. The van der Waals surface area contributed by atoms with Crippen molar-refractivity contribution in [2.24, 2.45) is 11.8 Å². The van der Waals surface area contributed by atoms with Gasteiger partial charge in [0, 0.05) is 12.0 Å². The third-order valence-corrected chi connectivity index (χ3v) is 4.80. The Bertz CT molecular complexity index is 237. The second kappa shape index (κ2) is 6.53. The van der Waals surface area contributed by atoms with Crippen molar-refractivity contribution in [1.29, 1.82) is 0 Å². The zero-order valence-electron chi connectivity index (χ0n) is 11.2. The first-order valence-electron chi connectivity index (χ1n) is 7.55. The number of carbonyl (C=O) groups excluding carboxylic acids is 1. The Labute approximate surface area is 106 Å². The molecule has 0 unspecified atom stereocenters. The largest absolute Gasteiger partial charge is 0.307 e. The summed E-state index contributed by atoms with van der Waals surface area (Å²) < 4.78 is 0. The summed E-state index contributed by atoms with van der Waals surface area (Å²) in [4.78, 5) is 12.1. The molecule has 0 radical (unpaired) electrons. The predicted octanol–water partition coefficient (Wildman–Crippen LogP) is 3.30. The van der Waals surface area contributed by atoms with Crippen LogP contribution in [0.4, 0.5) is 0 Å². The maximum Gasteiger partial charge on any atom is 0.149 e. The SMILES string of the molecule is CCC1CCC(C(=O)CNC2CCCC2)CC1. The molecule has 1 N–H and O–H groups in total. The fourth-order valence-corrected chi connectivity index (χ4v) is 3.41. The van der Waals surface area contributed by atoms with Gasteiger partial charge in [-0.3, -0.25) is 4.79 Å². The molecule has 0 saturated heterocycles. The van der Waals surface area contributed by atoms with Crippen molar-refractivity contribution < 1.29 is 4.79 Å². The van der Waals surface area contributed by atoms with Crippen LogP contribution in [-0.4, -0.2) is 18.4 Å². The van der Waals surface area contributed by atoms with Crippen LogP contribution in [0.1, 0.15) is 64.7 Å². The number of nitrogens with one attached hydrogen (secondary N) is 1. The molecule has 0 bridgehead atoms. The number of rotatable bonds is 5. The van der Waals surface area contributed by atoms with Gasteiger partial charge in [0.2, 0.25) is 0 Å². The van der Waals surface area contributed by atoms with Crippen molar-refractivity contribution in [2.45, 2.75) is 70.8 Å². The monoisotopic (exact) mass is 237 g/mol. The second-order valence-corrected chi connectivity index (χ2v) is 5.95. The molecular formula is C15H27NO. The quantitative estimate of drug-likeness (QED) is 0.795. The molecule has 0 atom stereocenters. The van der Waals surface area contributed by atoms with Gasteiger partial charge in [0.1, 0.15) is 5.78 Å². The second-order valence-electron chi connectivity index (χ2n) is 5.95. The summed E-state index contributed by atoms with van der Waals surface area (Å²) in [5, 5.41) is 3.45. The van der Waals surface area contributed by atoms with Gasteiger partial charge >= 0.3 is 0 Å². The van der Waals surface area contributed by atoms with E-state index in [9.17, 15) is 4.79 Å². The molecule has 0 aromatic heterocycles. The molecule has 0 aromatic carbocycles. The van der Waals surface area contributed by atoms with Crippen molar-refractivity contribution in [3.05, 3.63) is 0 Å². The first-order valence-corrected chi connectivity index (χ1v) is 7.55. The van der Waals surface area contributed by atoms with Crippen LogP contribution in [0.5, 0.6) is 0 Å². The standard InChI is InChI=1S/C15H27NO/c1-2-12-7-9-13(10-8-12)15(17)11-16-14-5-3-4-6-14/h12-14,16H,2-11H2,1H3. The Morgan fingerprint density at radius 3 is 2.29 bits per heavy atom. The number of hydrogen-bond acceptors (Lipinski definition) is 2. The molecule has 0 heterocycles. The lowest BCUT2D eigenvalue weighted by molar-refractivity contribution is -0.123. The molecule has 17 heavy (non-hydrogen) atoms. The third-order valence-electron chi connectivity index (χ3n) is 4.80. The first kappa shape index (κ1) is 13.1. The van der Waals surface area contributed by atoms with E-state index < -0.39 is 0 Å². The van der Waals surface area contributed by atoms with Gasteiger partial charge in [-0.25, -0.2) is 0 Å². The van der Waals surface area contributed by atoms with E-state index >= 15 is 0 Å². The summed E-state index contributed by atoms with van der Waals surface area (Å²) >= 11 is 0. The van der Waals surface area contributed by atoms with Crippen molar-refractivity contribution in [3.63, 3.8) is 0 Å².